The molecule has 0 unspecified atom stereocenters. The number of phenolic OH excluding ortho intramolecular Hbond substituents is 1. The number of para-hydroxylation sites is 2. The van der Waals surface area contributed by atoms with Gasteiger partial charge in [-0.25, -0.2) is 0 Å². The summed E-state index contributed by atoms with van der Waals surface area (Å²) >= 11 is 0. The largest absolute Gasteiger partial charge is 0.506 e. The summed E-state index contributed by atoms with van der Waals surface area (Å²) in [5.74, 6) is 0.859. The van der Waals surface area contributed by atoms with Crippen molar-refractivity contribution in [3.63, 3.8) is 0 Å². The fourth-order valence-electron chi connectivity index (χ4n) is 4.03. The second-order valence-electron chi connectivity index (χ2n) is 7.92. The summed E-state index contributed by atoms with van der Waals surface area (Å²) in [6.45, 7) is 4.44. The van der Waals surface area contributed by atoms with Crippen LogP contribution >= 0.6 is 0 Å². The molecular weight excluding hydrogens is 426 g/mol. The smallest absolute Gasteiger partial charge is 0.260 e. The van der Waals surface area contributed by atoms with Gasteiger partial charge in [0.1, 0.15) is 5.75 Å². The first-order valence-corrected chi connectivity index (χ1v) is 11.1. The summed E-state index contributed by atoms with van der Waals surface area (Å²) in [6.07, 6.45) is 0. The van der Waals surface area contributed by atoms with Crippen molar-refractivity contribution in [2.45, 2.75) is 0 Å². The molecule has 9 heteroatoms. The minimum Gasteiger partial charge on any atom is -0.506 e. The Morgan fingerprint density at radius 2 is 1.67 bits per heavy atom. The highest BCUT2D eigenvalue weighted by molar-refractivity contribution is 5.95. The van der Waals surface area contributed by atoms with Crippen LogP contribution in [0.1, 0.15) is 10.4 Å². The summed E-state index contributed by atoms with van der Waals surface area (Å²) in [5.41, 5.74) is 1.27. The van der Waals surface area contributed by atoms with Gasteiger partial charge in [0.05, 0.1) is 26.0 Å². The Morgan fingerprint density at radius 3 is 2.36 bits per heavy atom. The number of aromatic hydroxyl groups is 1. The Labute approximate surface area is 193 Å². The van der Waals surface area contributed by atoms with E-state index in [1.165, 1.54) is 7.11 Å². The van der Waals surface area contributed by atoms with E-state index in [0.29, 0.717) is 69.5 Å². The van der Waals surface area contributed by atoms with Gasteiger partial charge in [-0.2, -0.15) is 0 Å². The number of carbonyl (C=O) groups excluding carboxylic acids is 2. The normalized spacial score (nSPS) is 16.5. The van der Waals surface area contributed by atoms with Gasteiger partial charge in [0.15, 0.2) is 18.1 Å². The average Bonchev–Trinajstić information content (AvgIpc) is 2.87. The lowest BCUT2D eigenvalue weighted by Crippen LogP contribution is -2.48. The molecule has 2 saturated heterocycles. The Hall–Kier alpha value is -3.46. The van der Waals surface area contributed by atoms with Crippen LogP contribution in [0.2, 0.25) is 0 Å². The van der Waals surface area contributed by atoms with Gasteiger partial charge in [0.25, 0.3) is 11.8 Å². The van der Waals surface area contributed by atoms with E-state index in [-0.39, 0.29) is 24.2 Å². The van der Waals surface area contributed by atoms with Crippen LogP contribution < -0.4 is 14.4 Å². The van der Waals surface area contributed by atoms with Gasteiger partial charge in [-0.15, -0.1) is 0 Å². The number of carbonyl (C=O) groups is 2. The van der Waals surface area contributed by atoms with E-state index in [9.17, 15) is 14.7 Å². The maximum atomic E-state index is 13.1. The summed E-state index contributed by atoms with van der Waals surface area (Å²) in [6, 6.07) is 12.2. The van der Waals surface area contributed by atoms with Crippen LogP contribution in [0.15, 0.2) is 42.5 Å². The van der Waals surface area contributed by atoms with Crippen LogP contribution in [-0.2, 0) is 9.53 Å². The van der Waals surface area contributed by atoms with E-state index in [4.69, 9.17) is 14.2 Å². The molecule has 0 aromatic heterocycles. The van der Waals surface area contributed by atoms with Crippen LogP contribution in [0.5, 0.6) is 17.2 Å². The lowest BCUT2D eigenvalue weighted by Gasteiger charge is -2.36. The summed E-state index contributed by atoms with van der Waals surface area (Å²) in [4.78, 5) is 30.9. The first-order chi connectivity index (χ1) is 16.1. The van der Waals surface area contributed by atoms with Gasteiger partial charge < -0.3 is 34.0 Å². The number of benzene rings is 2. The number of piperazine rings is 1. The second-order valence-corrected chi connectivity index (χ2v) is 7.92. The van der Waals surface area contributed by atoms with Crippen molar-refractivity contribution in [1.82, 2.24) is 9.80 Å². The molecule has 2 aliphatic rings. The molecule has 2 heterocycles. The minimum atomic E-state index is -0.108. The topological polar surface area (TPSA) is 91.8 Å². The quantitative estimate of drug-likeness (QED) is 0.707. The van der Waals surface area contributed by atoms with Crippen molar-refractivity contribution >= 4 is 17.5 Å². The molecule has 2 amide bonds. The van der Waals surface area contributed by atoms with Gasteiger partial charge in [0, 0.05) is 44.8 Å². The number of hydrogen-bond donors (Lipinski definition) is 1. The zero-order chi connectivity index (χ0) is 23.2. The highest BCUT2D eigenvalue weighted by Crippen LogP contribution is 2.30. The number of methoxy groups -OCH3 is 1. The SMILES string of the molecule is COc1cc(C(=O)N2CCN(c3ccccc3O)CC2)ccc1OCC(=O)N1CCOCC1. The van der Waals surface area contributed by atoms with Crippen LogP contribution in [0.25, 0.3) is 0 Å². The molecule has 2 aromatic carbocycles. The van der Waals surface area contributed by atoms with Crippen LogP contribution in [-0.4, -0.2) is 92.9 Å². The molecule has 33 heavy (non-hydrogen) atoms. The molecule has 2 fully saturated rings. The molecule has 0 spiro atoms. The van der Waals surface area contributed by atoms with Gasteiger partial charge in [-0.05, 0) is 30.3 Å². The van der Waals surface area contributed by atoms with Gasteiger partial charge in [0.2, 0.25) is 0 Å². The molecule has 0 atom stereocenters. The molecule has 9 nitrogen and oxygen atoms in total. The number of rotatable bonds is 6. The fraction of sp³-hybridized carbons (Fsp3) is 0.417. The number of amides is 2. The van der Waals surface area contributed by atoms with Crippen LogP contribution in [0, 0.1) is 0 Å². The van der Waals surface area contributed by atoms with E-state index in [2.05, 4.69) is 4.90 Å². The highest BCUT2D eigenvalue weighted by atomic mass is 16.5. The molecule has 0 aliphatic carbocycles. The predicted molar refractivity (Wildman–Crippen MR) is 122 cm³/mol. The molecule has 1 N–H and O–H groups in total. The first kappa shape index (κ1) is 22.7. The Kier molecular flexibility index (Phi) is 7.19. The van der Waals surface area contributed by atoms with Gasteiger partial charge in [-0.3, -0.25) is 9.59 Å². The fourth-order valence-corrected chi connectivity index (χ4v) is 4.03. The number of phenols is 1. The number of morpholine rings is 1. The van der Waals surface area contributed by atoms with Crippen molar-refractivity contribution in [1.29, 1.82) is 0 Å². The lowest BCUT2D eigenvalue weighted by molar-refractivity contribution is -0.137. The predicted octanol–water partition coefficient (Wildman–Crippen LogP) is 1.60. The Bertz CT molecular complexity index is 984. The number of anilines is 1. The number of ether oxygens (including phenoxy) is 3. The van der Waals surface area contributed by atoms with Gasteiger partial charge >= 0.3 is 0 Å². The monoisotopic (exact) mass is 455 g/mol. The van der Waals surface area contributed by atoms with Crippen LogP contribution in [0.3, 0.4) is 0 Å². The zero-order valence-corrected chi connectivity index (χ0v) is 18.7. The molecule has 2 aliphatic heterocycles. The molecule has 0 saturated carbocycles. The highest BCUT2D eigenvalue weighted by Gasteiger charge is 2.24. The molecule has 0 bridgehead atoms. The molecule has 176 valence electrons. The molecule has 4 rings (SSSR count). The van der Waals surface area contributed by atoms with E-state index < -0.39 is 0 Å². The number of hydrogen-bond acceptors (Lipinski definition) is 7. The average molecular weight is 456 g/mol. The maximum Gasteiger partial charge on any atom is 0.260 e. The zero-order valence-electron chi connectivity index (χ0n) is 18.7. The molecule has 2 aromatic rings. The summed E-state index contributed by atoms with van der Waals surface area (Å²) in [7, 11) is 1.51. The van der Waals surface area contributed by atoms with E-state index in [1.807, 2.05) is 12.1 Å². The molecule has 0 radical (unpaired) electrons. The summed E-state index contributed by atoms with van der Waals surface area (Å²) in [5, 5.41) is 10.1. The Morgan fingerprint density at radius 1 is 0.939 bits per heavy atom. The first-order valence-electron chi connectivity index (χ1n) is 11.1. The maximum absolute atomic E-state index is 13.1. The molecular formula is C24H29N3O6. The van der Waals surface area contributed by atoms with Gasteiger partial charge in [-0.1, -0.05) is 12.1 Å². The standard InChI is InChI=1S/C24H29N3O6/c1-31-22-16-18(6-7-21(22)33-17-23(29)26-12-14-32-15-13-26)24(30)27-10-8-25(9-11-27)19-4-2-3-5-20(19)28/h2-7,16,28H,8-15,17H2,1H3. The van der Waals surface area contributed by atoms with E-state index in [1.54, 1.807) is 40.1 Å². The minimum absolute atomic E-state index is 0.0961. The van der Waals surface area contributed by atoms with Crippen molar-refractivity contribution in [2.24, 2.45) is 0 Å². The number of nitrogens with zero attached hydrogens (tertiary/aromatic N) is 3. The second kappa shape index (κ2) is 10.4. The summed E-state index contributed by atoms with van der Waals surface area (Å²) < 4.78 is 16.4. The van der Waals surface area contributed by atoms with E-state index >= 15 is 0 Å². The van der Waals surface area contributed by atoms with Crippen LogP contribution in [0.4, 0.5) is 5.69 Å². The van der Waals surface area contributed by atoms with Crippen molar-refractivity contribution < 1.29 is 28.9 Å². The van der Waals surface area contributed by atoms with Crippen molar-refractivity contribution in [3.8, 4) is 17.2 Å². The third-order valence-corrected chi connectivity index (χ3v) is 5.91. The lowest BCUT2D eigenvalue weighted by atomic mass is 10.1. The van der Waals surface area contributed by atoms with E-state index in [0.717, 1.165) is 5.69 Å². The Balaban J connectivity index is 1.35. The third kappa shape index (κ3) is 5.31. The van der Waals surface area contributed by atoms with Crippen molar-refractivity contribution in [2.75, 3.05) is 71.1 Å². The third-order valence-electron chi connectivity index (χ3n) is 5.91. The van der Waals surface area contributed by atoms with Crippen molar-refractivity contribution in [3.05, 3.63) is 48.0 Å².